The molecule has 0 bridgehead atoms. The number of hydrogen-bond acceptors (Lipinski definition) is 5. The summed E-state index contributed by atoms with van der Waals surface area (Å²) in [5, 5.41) is 5.42. The molecule has 1 amide bonds. The predicted octanol–water partition coefficient (Wildman–Crippen LogP) is 3.70. The Balaban J connectivity index is 1.71. The molecule has 2 aromatic carbocycles. The summed E-state index contributed by atoms with van der Waals surface area (Å²) in [6.07, 6.45) is 1.17. The number of aromatic nitrogens is 1. The molecule has 0 saturated carbocycles. The second-order valence-electron chi connectivity index (χ2n) is 5.94. The van der Waals surface area contributed by atoms with Crippen LogP contribution < -0.4 is 5.32 Å². The van der Waals surface area contributed by atoms with E-state index in [0.717, 1.165) is 16.1 Å². The van der Waals surface area contributed by atoms with Crippen molar-refractivity contribution in [2.75, 3.05) is 6.26 Å². The highest BCUT2D eigenvalue weighted by Crippen LogP contribution is 2.24. The third-order valence-corrected chi connectivity index (χ3v) is 5.93. The van der Waals surface area contributed by atoms with Gasteiger partial charge in [0.25, 0.3) is 5.91 Å². The summed E-state index contributed by atoms with van der Waals surface area (Å²) in [5.41, 5.74) is 2.17. The normalized spacial score (nSPS) is 12.5. The fourth-order valence-electron chi connectivity index (χ4n) is 2.45. The molecule has 5 nitrogen and oxygen atoms in total. The van der Waals surface area contributed by atoms with Gasteiger partial charge < -0.3 is 5.32 Å². The average Bonchev–Trinajstić information content (AvgIpc) is 3.12. The number of rotatable bonds is 5. The summed E-state index contributed by atoms with van der Waals surface area (Å²) in [6, 6.07) is 15.9. The van der Waals surface area contributed by atoms with E-state index < -0.39 is 9.84 Å². The Morgan fingerprint density at radius 1 is 1.08 bits per heavy atom. The molecule has 134 valence electrons. The first-order valence-electron chi connectivity index (χ1n) is 7.96. The molecule has 26 heavy (non-hydrogen) atoms. The average molecular weight is 386 g/mol. The van der Waals surface area contributed by atoms with Gasteiger partial charge in [0.2, 0.25) is 0 Å². The number of benzene rings is 2. The van der Waals surface area contributed by atoms with Crippen LogP contribution >= 0.6 is 11.3 Å². The molecule has 0 spiro atoms. The molecule has 7 heteroatoms. The minimum Gasteiger partial charge on any atom is -0.344 e. The highest BCUT2D eigenvalue weighted by atomic mass is 32.2. The quantitative estimate of drug-likeness (QED) is 0.725. The lowest BCUT2D eigenvalue weighted by atomic mass is 10.1. The van der Waals surface area contributed by atoms with Gasteiger partial charge in [0, 0.05) is 17.2 Å². The number of carbonyl (C=O) groups is 1. The lowest BCUT2D eigenvalue weighted by Crippen LogP contribution is -2.26. The van der Waals surface area contributed by atoms with Crippen LogP contribution in [0.1, 0.15) is 29.0 Å². The van der Waals surface area contributed by atoms with Crippen molar-refractivity contribution in [3.05, 3.63) is 71.2 Å². The fraction of sp³-hybridized carbons (Fsp3) is 0.158. The largest absolute Gasteiger partial charge is 0.344 e. The Hall–Kier alpha value is -2.51. The Kier molecular flexibility index (Phi) is 5.20. The van der Waals surface area contributed by atoms with E-state index in [2.05, 4.69) is 10.3 Å². The van der Waals surface area contributed by atoms with Crippen LogP contribution in [0.5, 0.6) is 0 Å². The molecule has 0 aliphatic rings. The highest BCUT2D eigenvalue weighted by Gasteiger charge is 2.16. The van der Waals surface area contributed by atoms with Crippen LogP contribution in [0.3, 0.4) is 0 Å². The van der Waals surface area contributed by atoms with Gasteiger partial charge in [0.05, 0.1) is 10.9 Å². The molecule has 0 saturated heterocycles. The van der Waals surface area contributed by atoms with Gasteiger partial charge >= 0.3 is 0 Å². The van der Waals surface area contributed by atoms with Gasteiger partial charge in [0.1, 0.15) is 10.7 Å². The monoisotopic (exact) mass is 386 g/mol. The summed E-state index contributed by atoms with van der Waals surface area (Å²) in [4.78, 5) is 17.1. The Bertz CT molecular complexity index is 1010. The number of amides is 1. The maximum atomic E-state index is 12.4. The first-order chi connectivity index (χ1) is 12.3. The van der Waals surface area contributed by atoms with Crippen LogP contribution in [0.25, 0.3) is 10.6 Å². The number of carbonyl (C=O) groups excluding carboxylic acids is 1. The molecule has 1 heterocycles. The van der Waals surface area contributed by atoms with Crippen molar-refractivity contribution in [3.63, 3.8) is 0 Å². The second kappa shape index (κ2) is 7.39. The van der Waals surface area contributed by atoms with Gasteiger partial charge in [-0.1, -0.05) is 42.5 Å². The topological polar surface area (TPSA) is 76.1 Å². The van der Waals surface area contributed by atoms with Crippen molar-refractivity contribution in [1.29, 1.82) is 0 Å². The van der Waals surface area contributed by atoms with E-state index in [9.17, 15) is 13.2 Å². The fourth-order valence-corrected chi connectivity index (χ4v) is 3.89. The zero-order valence-corrected chi connectivity index (χ0v) is 16.0. The van der Waals surface area contributed by atoms with Crippen LogP contribution in [0.15, 0.2) is 64.9 Å². The third-order valence-electron chi connectivity index (χ3n) is 3.91. The lowest BCUT2D eigenvalue weighted by Gasteiger charge is -2.14. The van der Waals surface area contributed by atoms with Crippen molar-refractivity contribution in [2.24, 2.45) is 0 Å². The molecule has 1 N–H and O–H groups in total. The number of hydrogen-bond donors (Lipinski definition) is 1. The molecule has 0 fully saturated rings. The minimum absolute atomic E-state index is 0.256. The molecule has 0 aliphatic heterocycles. The summed E-state index contributed by atoms with van der Waals surface area (Å²) in [6.45, 7) is 1.85. The number of thiazole rings is 1. The maximum absolute atomic E-state index is 12.4. The van der Waals surface area contributed by atoms with E-state index in [1.54, 1.807) is 29.6 Å². The summed E-state index contributed by atoms with van der Waals surface area (Å²) in [7, 11) is -3.23. The van der Waals surface area contributed by atoms with Gasteiger partial charge in [-0.05, 0) is 24.6 Å². The van der Waals surface area contributed by atoms with Gasteiger partial charge in [-0.3, -0.25) is 4.79 Å². The molecular weight excluding hydrogens is 368 g/mol. The Morgan fingerprint density at radius 3 is 2.35 bits per heavy atom. The van der Waals surface area contributed by atoms with E-state index >= 15 is 0 Å². The van der Waals surface area contributed by atoms with Crippen LogP contribution in [-0.2, 0) is 9.84 Å². The maximum Gasteiger partial charge on any atom is 0.271 e. The van der Waals surface area contributed by atoms with E-state index in [1.807, 2.05) is 37.3 Å². The molecule has 1 aromatic heterocycles. The zero-order valence-electron chi connectivity index (χ0n) is 14.3. The number of nitrogens with one attached hydrogen (secondary N) is 1. The van der Waals surface area contributed by atoms with Gasteiger partial charge in [0.15, 0.2) is 9.84 Å². The molecule has 1 atom stereocenters. The van der Waals surface area contributed by atoms with E-state index in [0.29, 0.717) is 5.69 Å². The molecule has 0 aliphatic carbocycles. The first kappa shape index (κ1) is 18.3. The molecule has 0 radical (unpaired) electrons. The van der Waals surface area contributed by atoms with E-state index in [-0.39, 0.29) is 16.8 Å². The van der Waals surface area contributed by atoms with Crippen LogP contribution in [-0.4, -0.2) is 25.6 Å². The number of nitrogens with zero attached hydrogens (tertiary/aromatic N) is 1. The molecular formula is C19H18N2O3S2. The summed E-state index contributed by atoms with van der Waals surface area (Å²) >= 11 is 1.42. The van der Waals surface area contributed by atoms with Crippen LogP contribution in [0, 0.1) is 0 Å². The van der Waals surface area contributed by atoms with E-state index in [4.69, 9.17) is 0 Å². The highest BCUT2D eigenvalue weighted by molar-refractivity contribution is 7.90. The van der Waals surface area contributed by atoms with Crippen LogP contribution in [0.2, 0.25) is 0 Å². The standard InChI is InChI=1S/C19H18N2O3S2/c1-13(14-8-10-16(11-9-14)26(2,23)24)20-18(22)17-12-25-19(21-17)15-6-4-3-5-7-15/h3-13H,1-2H3,(H,20,22). The molecule has 1 unspecified atom stereocenters. The molecule has 3 aromatic rings. The lowest BCUT2D eigenvalue weighted by molar-refractivity contribution is 0.0935. The van der Waals surface area contributed by atoms with Crippen LogP contribution in [0.4, 0.5) is 0 Å². The molecule has 3 rings (SSSR count). The van der Waals surface area contributed by atoms with Gasteiger partial charge in [-0.25, -0.2) is 13.4 Å². The van der Waals surface area contributed by atoms with E-state index in [1.165, 1.54) is 17.6 Å². The second-order valence-corrected chi connectivity index (χ2v) is 8.81. The zero-order chi connectivity index (χ0) is 18.7. The van der Waals surface area contributed by atoms with Crippen molar-refractivity contribution in [2.45, 2.75) is 17.9 Å². The third kappa shape index (κ3) is 4.17. The first-order valence-corrected chi connectivity index (χ1v) is 10.7. The SMILES string of the molecule is CC(NC(=O)c1csc(-c2ccccc2)n1)c1ccc(S(C)(=O)=O)cc1. The smallest absolute Gasteiger partial charge is 0.271 e. The number of sulfone groups is 1. The predicted molar refractivity (Wildman–Crippen MR) is 103 cm³/mol. The summed E-state index contributed by atoms with van der Waals surface area (Å²) < 4.78 is 23.0. The van der Waals surface area contributed by atoms with Crippen molar-refractivity contribution in [1.82, 2.24) is 10.3 Å². The van der Waals surface area contributed by atoms with Crippen molar-refractivity contribution >= 4 is 27.1 Å². The van der Waals surface area contributed by atoms with Crippen molar-refractivity contribution in [3.8, 4) is 10.6 Å². The Morgan fingerprint density at radius 2 is 1.73 bits per heavy atom. The summed E-state index contributed by atoms with van der Waals surface area (Å²) in [5.74, 6) is -0.261. The van der Waals surface area contributed by atoms with Gasteiger partial charge in [-0.2, -0.15) is 0 Å². The van der Waals surface area contributed by atoms with Crippen molar-refractivity contribution < 1.29 is 13.2 Å². The minimum atomic E-state index is -3.23. The Labute approximate surface area is 156 Å². The van der Waals surface area contributed by atoms with Gasteiger partial charge in [-0.15, -0.1) is 11.3 Å².